The van der Waals surface area contributed by atoms with E-state index in [-0.39, 0.29) is 15.5 Å². The van der Waals surface area contributed by atoms with E-state index in [2.05, 4.69) is 5.32 Å². The Labute approximate surface area is 163 Å². The number of halogens is 2. The molecule has 2 aromatic carbocycles. The van der Waals surface area contributed by atoms with Gasteiger partial charge in [0.15, 0.2) is 0 Å². The second-order valence-corrected chi connectivity index (χ2v) is 8.77. The van der Waals surface area contributed by atoms with E-state index < -0.39 is 21.7 Å². The fourth-order valence-corrected chi connectivity index (χ4v) is 4.75. The van der Waals surface area contributed by atoms with Crippen LogP contribution in [0, 0.1) is 5.82 Å². The van der Waals surface area contributed by atoms with Crippen LogP contribution in [0.25, 0.3) is 0 Å². The fraction of sp³-hybridized carbons (Fsp3) is 0.316. The molecule has 1 aliphatic rings. The molecule has 27 heavy (non-hydrogen) atoms. The summed E-state index contributed by atoms with van der Waals surface area (Å²) in [6, 6.07) is 9.39. The second-order valence-electron chi connectivity index (χ2n) is 6.42. The molecule has 8 heteroatoms. The maximum Gasteiger partial charge on any atom is 0.257 e. The third kappa shape index (κ3) is 4.66. The van der Waals surface area contributed by atoms with Gasteiger partial charge in [0.2, 0.25) is 10.0 Å². The van der Waals surface area contributed by atoms with Crippen LogP contribution in [0.1, 0.15) is 36.0 Å². The molecule has 0 atom stereocenters. The number of nitrogens with one attached hydrogen (secondary N) is 1. The topological polar surface area (TPSA) is 66.5 Å². The molecule has 1 aliphatic heterocycles. The summed E-state index contributed by atoms with van der Waals surface area (Å²) in [5.41, 5.74) is 0.440. The van der Waals surface area contributed by atoms with E-state index in [0.29, 0.717) is 18.8 Å². The van der Waals surface area contributed by atoms with Crippen molar-refractivity contribution in [1.29, 1.82) is 0 Å². The summed E-state index contributed by atoms with van der Waals surface area (Å²) in [4.78, 5) is 12.6. The van der Waals surface area contributed by atoms with Gasteiger partial charge in [-0.3, -0.25) is 4.79 Å². The van der Waals surface area contributed by atoms with Crippen LogP contribution in [0.4, 0.5) is 10.1 Å². The predicted molar refractivity (Wildman–Crippen MR) is 103 cm³/mol. The highest BCUT2D eigenvalue weighted by Crippen LogP contribution is 2.25. The maximum atomic E-state index is 13.0. The Kier molecular flexibility index (Phi) is 6.14. The number of anilines is 1. The molecule has 1 saturated heterocycles. The first-order valence-corrected chi connectivity index (χ1v) is 10.6. The third-order valence-corrected chi connectivity index (χ3v) is 6.71. The van der Waals surface area contributed by atoms with Crippen molar-refractivity contribution in [3.8, 4) is 0 Å². The molecule has 2 aromatic rings. The second kappa shape index (κ2) is 8.37. The van der Waals surface area contributed by atoms with Crippen molar-refractivity contribution in [2.24, 2.45) is 0 Å². The Morgan fingerprint density at radius 2 is 1.63 bits per heavy atom. The van der Waals surface area contributed by atoms with E-state index in [4.69, 9.17) is 11.6 Å². The highest BCUT2D eigenvalue weighted by Gasteiger charge is 2.26. The zero-order chi connectivity index (χ0) is 19.4. The molecular formula is C19H20ClFN2O3S. The Hall–Kier alpha value is -1.96. The quantitative estimate of drug-likeness (QED) is 0.817. The van der Waals surface area contributed by atoms with Crippen molar-refractivity contribution >= 4 is 33.2 Å². The lowest BCUT2D eigenvalue weighted by atomic mass is 10.2. The molecular weight excluding hydrogens is 391 g/mol. The molecule has 1 fully saturated rings. The van der Waals surface area contributed by atoms with Crippen LogP contribution in [0.15, 0.2) is 47.4 Å². The predicted octanol–water partition coefficient (Wildman–Crippen LogP) is 4.30. The summed E-state index contributed by atoms with van der Waals surface area (Å²) in [7, 11) is -3.69. The van der Waals surface area contributed by atoms with Gasteiger partial charge in [-0.1, -0.05) is 24.4 Å². The first-order valence-electron chi connectivity index (χ1n) is 8.74. The van der Waals surface area contributed by atoms with Crippen molar-refractivity contribution in [3.05, 3.63) is 58.9 Å². The van der Waals surface area contributed by atoms with Gasteiger partial charge in [-0.15, -0.1) is 0 Å². The number of rotatable bonds is 4. The normalized spacial score (nSPS) is 15.9. The minimum atomic E-state index is -3.69. The monoisotopic (exact) mass is 410 g/mol. The number of carbonyl (C=O) groups excluding carboxylic acids is 1. The van der Waals surface area contributed by atoms with E-state index in [1.807, 2.05) is 0 Å². The molecule has 0 aromatic heterocycles. The highest BCUT2D eigenvalue weighted by molar-refractivity contribution is 7.89. The molecule has 1 amide bonds. The van der Waals surface area contributed by atoms with Crippen molar-refractivity contribution in [1.82, 2.24) is 4.31 Å². The van der Waals surface area contributed by atoms with Crippen molar-refractivity contribution in [2.75, 3.05) is 18.4 Å². The minimum Gasteiger partial charge on any atom is -0.322 e. The first-order chi connectivity index (χ1) is 12.9. The van der Waals surface area contributed by atoms with Gasteiger partial charge in [0, 0.05) is 18.8 Å². The molecule has 3 rings (SSSR count). The molecule has 0 bridgehead atoms. The van der Waals surface area contributed by atoms with Crippen LogP contribution in [0.2, 0.25) is 5.02 Å². The minimum absolute atomic E-state index is 0.0399. The molecule has 0 saturated carbocycles. The van der Waals surface area contributed by atoms with Crippen molar-refractivity contribution < 1.29 is 17.6 Å². The van der Waals surface area contributed by atoms with Gasteiger partial charge in [0.05, 0.1) is 15.5 Å². The number of nitrogens with zero attached hydrogens (tertiary/aromatic N) is 1. The van der Waals surface area contributed by atoms with Gasteiger partial charge in [0.1, 0.15) is 5.82 Å². The molecule has 0 radical (unpaired) electrons. The number of carbonyl (C=O) groups is 1. The summed E-state index contributed by atoms with van der Waals surface area (Å²) in [5.74, 6) is -0.976. The molecule has 0 aliphatic carbocycles. The first kappa shape index (κ1) is 19.8. The summed E-state index contributed by atoms with van der Waals surface area (Å²) >= 11 is 6.12. The third-order valence-electron chi connectivity index (χ3n) is 4.49. The van der Waals surface area contributed by atoms with Crippen LogP contribution >= 0.6 is 11.6 Å². The molecule has 1 heterocycles. The van der Waals surface area contributed by atoms with Gasteiger partial charge < -0.3 is 5.32 Å². The van der Waals surface area contributed by atoms with Crippen LogP contribution < -0.4 is 5.32 Å². The Morgan fingerprint density at radius 3 is 2.26 bits per heavy atom. The average Bonchev–Trinajstić information content (AvgIpc) is 2.94. The van der Waals surface area contributed by atoms with E-state index in [0.717, 1.165) is 25.7 Å². The van der Waals surface area contributed by atoms with Gasteiger partial charge in [0.25, 0.3) is 5.91 Å². The largest absolute Gasteiger partial charge is 0.322 e. The standard InChI is InChI=1S/C19H20ClFN2O3S/c20-18-10-9-16(27(25,26)23-11-3-1-2-4-12-23)13-17(18)19(24)22-15-7-5-14(21)6-8-15/h5-10,13H,1-4,11-12H2,(H,22,24). The van der Waals surface area contributed by atoms with E-state index >= 15 is 0 Å². The molecule has 5 nitrogen and oxygen atoms in total. The number of sulfonamides is 1. The smallest absolute Gasteiger partial charge is 0.257 e. The SMILES string of the molecule is O=C(Nc1ccc(F)cc1)c1cc(S(=O)(=O)N2CCCCCC2)ccc1Cl. The number of benzene rings is 2. The lowest BCUT2D eigenvalue weighted by Gasteiger charge is -2.20. The zero-order valence-corrected chi connectivity index (χ0v) is 16.2. The lowest BCUT2D eigenvalue weighted by Crippen LogP contribution is -2.32. The van der Waals surface area contributed by atoms with Gasteiger partial charge in [-0.05, 0) is 55.3 Å². The van der Waals surface area contributed by atoms with Crippen LogP contribution in [0.3, 0.4) is 0 Å². The summed E-state index contributed by atoms with van der Waals surface area (Å²) in [5, 5.41) is 2.74. The Balaban J connectivity index is 1.86. The van der Waals surface area contributed by atoms with Gasteiger partial charge >= 0.3 is 0 Å². The fourth-order valence-electron chi connectivity index (χ4n) is 3.00. The average molecular weight is 411 g/mol. The van der Waals surface area contributed by atoms with Crippen molar-refractivity contribution in [2.45, 2.75) is 30.6 Å². The summed E-state index contributed by atoms with van der Waals surface area (Å²) in [6.45, 7) is 0.949. The maximum absolute atomic E-state index is 13.0. The van der Waals surface area contributed by atoms with E-state index in [1.54, 1.807) is 0 Å². The van der Waals surface area contributed by atoms with Gasteiger partial charge in [-0.2, -0.15) is 4.31 Å². The van der Waals surface area contributed by atoms with E-state index in [9.17, 15) is 17.6 Å². The Bertz CT molecular complexity index is 924. The Morgan fingerprint density at radius 1 is 1.00 bits per heavy atom. The molecule has 1 N–H and O–H groups in total. The van der Waals surface area contributed by atoms with Gasteiger partial charge in [-0.25, -0.2) is 12.8 Å². The highest BCUT2D eigenvalue weighted by atomic mass is 35.5. The van der Waals surface area contributed by atoms with Crippen LogP contribution in [0.5, 0.6) is 0 Å². The van der Waals surface area contributed by atoms with Crippen LogP contribution in [-0.4, -0.2) is 31.7 Å². The summed E-state index contributed by atoms with van der Waals surface area (Å²) < 4.78 is 40.3. The molecule has 0 spiro atoms. The number of hydrogen-bond donors (Lipinski definition) is 1. The molecule has 0 unspecified atom stereocenters. The number of hydrogen-bond acceptors (Lipinski definition) is 3. The van der Waals surface area contributed by atoms with Crippen LogP contribution in [-0.2, 0) is 10.0 Å². The zero-order valence-electron chi connectivity index (χ0n) is 14.6. The van der Waals surface area contributed by atoms with Crippen molar-refractivity contribution in [3.63, 3.8) is 0 Å². The van der Waals surface area contributed by atoms with E-state index in [1.165, 1.54) is 46.8 Å². The summed E-state index contributed by atoms with van der Waals surface area (Å²) in [6.07, 6.45) is 3.67. The number of amides is 1. The molecule has 144 valence electrons. The lowest BCUT2D eigenvalue weighted by molar-refractivity contribution is 0.102.